The quantitative estimate of drug-likeness (QED) is 0.281. The third-order valence-corrected chi connectivity index (χ3v) is 1.36. The Labute approximate surface area is 64.8 Å². The van der Waals surface area contributed by atoms with E-state index in [1.54, 1.807) is 0 Å². The molecule has 0 aliphatic carbocycles. The molecule has 0 aromatic heterocycles. The van der Waals surface area contributed by atoms with Crippen molar-refractivity contribution in [3.63, 3.8) is 0 Å². The number of hydrogen-bond acceptors (Lipinski definition) is 5. The van der Waals surface area contributed by atoms with Crippen LogP contribution in [-0.2, 0) is 20.0 Å². The topological polar surface area (TPSA) is 57.2 Å². The molecule has 0 saturated carbocycles. The van der Waals surface area contributed by atoms with Gasteiger partial charge in [-0.25, -0.2) is 5.26 Å². The van der Waals surface area contributed by atoms with Crippen LogP contribution < -0.4 is 0 Å². The van der Waals surface area contributed by atoms with Crippen molar-refractivity contribution in [3.8, 4) is 0 Å². The van der Waals surface area contributed by atoms with Crippen molar-refractivity contribution >= 4 is 0 Å². The van der Waals surface area contributed by atoms with E-state index in [4.69, 9.17) is 5.26 Å². The van der Waals surface area contributed by atoms with Crippen LogP contribution in [0, 0.1) is 5.92 Å². The highest BCUT2D eigenvalue weighted by molar-refractivity contribution is 4.85. The Kier molecular flexibility index (Phi) is 5.77. The van der Waals surface area contributed by atoms with Gasteiger partial charge >= 0.3 is 0 Å². The zero-order chi connectivity index (χ0) is 8.69. The lowest BCUT2D eigenvalue weighted by Crippen LogP contribution is -2.02. The molecule has 0 aliphatic heterocycles. The van der Waals surface area contributed by atoms with Crippen molar-refractivity contribution in [2.24, 2.45) is 5.92 Å². The molecule has 0 aliphatic rings. The van der Waals surface area contributed by atoms with Gasteiger partial charge in [-0.15, -0.1) is 0 Å². The van der Waals surface area contributed by atoms with Gasteiger partial charge in [0.25, 0.3) is 0 Å². The van der Waals surface area contributed by atoms with Gasteiger partial charge in [0.2, 0.25) is 0 Å². The summed E-state index contributed by atoms with van der Waals surface area (Å²) in [5.41, 5.74) is 0. The molecule has 0 aromatic carbocycles. The van der Waals surface area contributed by atoms with E-state index in [2.05, 4.69) is 26.6 Å². The van der Waals surface area contributed by atoms with Gasteiger partial charge in [-0.1, -0.05) is 20.4 Å². The molecule has 0 spiro atoms. The minimum atomic E-state index is 0.164. The molecular weight excluding hydrogens is 152 g/mol. The molecule has 5 nitrogen and oxygen atoms in total. The van der Waals surface area contributed by atoms with E-state index in [0.717, 1.165) is 6.42 Å². The first-order chi connectivity index (χ1) is 5.22. The van der Waals surface area contributed by atoms with E-state index in [9.17, 15) is 0 Å². The second-order valence-electron chi connectivity index (χ2n) is 2.07. The third kappa shape index (κ3) is 4.74. The van der Waals surface area contributed by atoms with Crippen molar-refractivity contribution in [1.29, 1.82) is 0 Å². The summed E-state index contributed by atoms with van der Waals surface area (Å²) in [6.07, 6.45) is 0.877. The first kappa shape index (κ1) is 10.4. The molecule has 66 valence electrons. The Bertz CT molecular complexity index is 114. The van der Waals surface area contributed by atoms with Crippen LogP contribution in [0.4, 0.5) is 0 Å². The van der Waals surface area contributed by atoms with E-state index in [-0.39, 0.29) is 5.92 Å². The van der Waals surface area contributed by atoms with Crippen LogP contribution in [0.5, 0.6) is 0 Å². The average Bonchev–Trinajstić information content (AvgIpc) is 2.03. The van der Waals surface area contributed by atoms with E-state index >= 15 is 0 Å². The molecule has 0 heterocycles. The summed E-state index contributed by atoms with van der Waals surface area (Å²) in [6.45, 7) is 7.42. The van der Waals surface area contributed by atoms with Crippen molar-refractivity contribution in [3.05, 3.63) is 12.3 Å². The Hall–Kier alpha value is -0.620. The zero-order valence-corrected chi connectivity index (χ0v) is 6.57. The fraction of sp³-hybridized carbons (Fsp3) is 0.667. The highest BCUT2D eigenvalue weighted by Crippen LogP contribution is 2.13. The average molecular weight is 164 g/mol. The second-order valence-corrected chi connectivity index (χ2v) is 2.07. The summed E-state index contributed by atoms with van der Waals surface area (Å²) in [4.78, 5) is 4.43. The van der Waals surface area contributed by atoms with Gasteiger partial charge in [0.1, 0.15) is 5.76 Å². The van der Waals surface area contributed by atoms with Crippen molar-refractivity contribution in [1.82, 2.24) is 0 Å². The van der Waals surface area contributed by atoms with Crippen LogP contribution in [-0.4, -0.2) is 5.26 Å². The van der Waals surface area contributed by atoms with Crippen LogP contribution in [0.15, 0.2) is 12.3 Å². The third-order valence-electron chi connectivity index (χ3n) is 1.36. The summed E-state index contributed by atoms with van der Waals surface area (Å²) in [7, 11) is 0. The molecule has 5 heteroatoms. The Morgan fingerprint density at radius 3 is 2.64 bits per heavy atom. The molecule has 0 bridgehead atoms. The largest absolute Gasteiger partial charge is 0.311 e. The lowest BCUT2D eigenvalue weighted by molar-refractivity contribution is -0.696. The summed E-state index contributed by atoms with van der Waals surface area (Å²) in [6, 6.07) is 0. The van der Waals surface area contributed by atoms with Crippen molar-refractivity contribution < 1.29 is 25.3 Å². The fourth-order valence-corrected chi connectivity index (χ4v) is 0.380. The van der Waals surface area contributed by atoms with E-state index < -0.39 is 0 Å². The van der Waals surface area contributed by atoms with Crippen LogP contribution in [0.3, 0.4) is 0 Å². The Morgan fingerprint density at radius 2 is 2.18 bits per heavy atom. The predicted molar refractivity (Wildman–Crippen MR) is 35.6 cm³/mol. The molecule has 0 fully saturated rings. The molecule has 0 amide bonds. The second kappa shape index (κ2) is 6.11. The van der Waals surface area contributed by atoms with Crippen LogP contribution in [0.1, 0.15) is 20.3 Å². The summed E-state index contributed by atoms with van der Waals surface area (Å²) in [5.74, 6) is 0.571. The van der Waals surface area contributed by atoms with Gasteiger partial charge in [-0.3, -0.25) is 0 Å². The van der Waals surface area contributed by atoms with Crippen LogP contribution >= 0.6 is 0 Å². The lowest BCUT2D eigenvalue weighted by Gasteiger charge is -2.08. The lowest BCUT2D eigenvalue weighted by atomic mass is 10.1. The molecule has 1 atom stereocenters. The first-order valence-electron chi connectivity index (χ1n) is 3.22. The van der Waals surface area contributed by atoms with Crippen LogP contribution in [0.25, 0.3) is 0 Å². The zero-order valence-electron chi connectivity index (χ0n) is 6.57. The Morgan fingerprint density at radius 1 is 1.55 bits per heavy atom. The molecule has 0 rings (SSSR count). The molecule has 0 saturated heterocycles. The van der Waals surface area contributed by atoms with E-state index in [1.165, 1.54) is 0 Å². The Balaban J connectivity index is 3.36. The van der Waals surface area contributed by atoms with Gasteiger partial charge in [0, 0.05) is 16.0 Å². The molecule has 1 unspecified atom stereocenters. The van der Waals surface area contributed by atoms with E-state index in [1.807, 2.05) is 13.8 Å². The van der Waals surface area contributed by atoms with E-state index in [0.29, 0.717) is 5.76 Å². The molecule has 0 radical (unpaired) electrons. The highest BCUT2D eigenvalue weighted by atomic mass is 17.8. The van der Waals surface area contributed by atoms with Gasteiger partial charge in [-0.2, -0.15) is 0 Å². The van der Waals surface area contributed by atoms with Gasteiger partial charge < -0.3 is 4.89 Å². The van der Waals surface area contributed by atoms with Gasteiger partial charge in [0.05, 0.1) is 0 Å². The molecule has 0 aromatic rings. The maximum absolute atomic E-state index is 7.62. The maximum atomic E-state index is 7.62. The SMILES string of the molecule is C=C(OOOOO)C(C)CC. The monoisotopic (exact) mass is 164 g/mol. The number of rotatable bonds is 6. The standard InChI is InChI=1S/C6H12O5/c1-4-5(2)6(3)8-10-11-9-7/h5,7H,3-4H2,1-2H3. The summed E-state index contributed by atoms with van der Waals surface area (Å²) < 4.78 is 0. The predicted octanol–water partition coefficient (Wildman–Crippen LogP) is 1.83. The first-order valence-corrected chi connectivity index (χ1v) is 3.22. The van der Waals surface area contributed by atoms with Crippen LogP contribution in [0.2, 0.25) is 0 Å². The highest BCUT2D eigenvalue weighted by Gasteiger charge is 2.06. The molecule has 11 heavy (non-hydrogen) atoms. The normalized spacial score (nSPS) is 12.6. The minimum Gasteiger partial charge on any atom is -0.311 e. The molecular formula is C6H12O5. The van der Waals surface area contributed by atoms with Crippen molar-refractivity contribution in [2.45, 2.75) is 20.3 Å². The minimum absolute atomic E-state index is 0.164. The number of allylic oxidation sites excluding steroid dienone is 1. The summed E-state index contributed by atoms with van der Waals surface area (Å²) >= 11 is 0. The summed E-state index contributed by atoms with van der Waals surface area (Å²) in [5, 5.41) is 18.2. The van der Waals surface area contributed by atoms with Gasteiger partial charge in [0.15, 0.2) is 0 Å². The maximum Gasteiger partial charge on any atom is 0.141 e. The fourth-order valence-electron chi connectivity index (χ4n) is 0.380. The smallest absolute Gasteiger partial charge is 0.141 e. The number of hydrogen-bond donors (Lipinski definition) is 1. The van der Waals surface area contributed by atoms with Gasteiger partial charge in [-0.05, 0) is 11.5 Å². The molecule has 1 N–H and O–H groups in total. The van der Waals surface area contributed by atoms with Crippen molar-refractivity contribution in [2.75, 3.05) is 0 Å².